The van der Waals surface area contributed by atoms with Crippen molar-refractivity contribution in [2.45, 2.75) is 76.6 Å². The fraction of sp³-hybridized carbons (Fsp3) is 0.483. The van der Waals surface area contributed by atoms with Gasteiger partial charge in [-0.05, 0) is 87.1 Å². The minimum absolute atomic E-state index is 0.00103. The molecule has 4 rings (SSSR count). The van der Waals surface area contributed by atoms with Crippen LogP contribution in [0.15, 0.2) is 36.4 Å². The number of amides is 1. The topological polar surface area (TPSA) is 93.9 Å². The minimum Gasteiger partial charge on any atom is -0.481 e. The average Bonchev–Trinajstić information content (AvgIpc) is 3.21. The molecule has 1 N–H and O–H groups in total. The van der Waals surface area contributed by atoms with Crippen molar-refractivity contribution in [3.63, 3.8) is 0 Å². The highest BCUT2D eigenvalue weighted by molar-refractivity contribution is 5.72. The Bertz CT molecular complexity index is 1350. The Labute approximate surface area is 238 Å². The van der Waals surface area contributed by atoms with Gasteiger partial charge in [0.25, 0.3) is 0 Å². The number of cyclic esters (lactones) is 1. The molecule has 7 nitrogen and oxygen atoms in total. The summed E-state index contributed by atoms with van der Waals surface area (Å²) in [6, 6.07) is 7.15. The van der Waals surface area contributed by atoms with E-state index in [4.69, 9.17) is 4.74 Å². The quantitative estimate of drug-likeness (QED) is 0.341. The Kier molecular flexibility index (Phi) is 8.66. The third-order valence-corrected chi connectivity index (χ3v) is 8.02. The highest BCUT2D eigenvalue weighted by Crippen LogP contribution is 2.42. The Morgan fingerprint density at radius 2 is 1.64 bits per heavy atom. The van der Waals surface area contributed by atoms with Crippen LogP contribution in [0.3, 0.4) is 0 Å². The Hall–Kier alpha value is -3.95. The van der Waals surface area contributed by atoms with Crippen molar-refractivity contribution in [1.82, 2.24) is 4.90 Å². The number of carbonyl (C=O) groups excluding carboxylic acids is 1. The third-order valence-electron chi connectivity index (χ3n) is 8.02. The molecule has 1 saturated carbocycles. The van der Waals surface area contributed by atoms with E-state index in [2.05, 4.69) is 4.90 Å². The number of carbonyl (C=O) groups is 2. The second kappa shape index (κ2) is 11.7. The fourth-order valence-corrected chi connectivity index (χ4v) is 5.81. The second-order valence-corrected chi connectivity index (χ2v) is 10.6. The molecule has 0 aromatic heterocycles. The molecular weight excluding hydrogens is 568 g/mol. The van der Waals surface area contributed by atoms with Crippen LogP contribution in [0.25, 0.3) is 0 Å². The second-order valence-electron chi connectivity index (χ2n) is 10.6. The van der Waals surface area contributed by atoms with Crippen LogP contribution in [0.4, 0.5) is 36.8 Å². The van der Waals surface area contributed by atoms with E-state index in [1.807, 2.05) is 13.0 Å². The zero-order valence-electron chi connectivity index (χ0n) is 22.8. The van der Waals surface area contributed by atoms with Gasteiger partial charge < -0.3 is 14.7 Å². The van der Waals surface area contributed by atoms with E-state index in [-0.39, 0.29) is 18.7 Å². The first kappa shape index (κ1) is 31.0. The highest BCUT2D eigenvalue weighted by Gasteiger charge is 2.43. The summed E-state index contributed by atoms with van der Waals surface area (Å²) in [5.41, 5.74) is -1.91. The van der Waals surface area contributed by atoms with Crippen LogP contribution < -0.4 is 4.90 Å². The van der Waals surface area contributed by atoms with E-state index in [1.54, 1.807) is 18.2 Å². The highest BCUT2D eigenvalue weighted by atomic mass is 19.4. The Morgan fingerprint density at radius 1 is 1.05 bits per heavy atom. The maximum absolute atomic E-state index is 13.5. The number of aliphatic carboxylic acids is 1. The van der Waals surface area contributed by atoms with E-state index in [1.165, 1.54) is 11.8 Å². The maximum Gasteiger partial charge on any atom is 0.416 e. The maximum atomic E-state index is 13.5. The number of ether oxygens (including phenoxy) is 1. The van der Waals surface area contributed by atoms with Crippen molar-refractivity contribution in [3.05, 3.63) is 64.2 Å². The molecule has 2 aromatic rings. The van der Waals surface area contributed by atoms with Gasteiger partial charge in [0, 0.05) is 18.3 Å². The van der Waals surface area contributed by atoms with Crippen molar-refractivity contribution >= 4 is 17.7 Å². The first-order valence-electron chi connectivity index (χ1n) is 13.4. The summed E-state index contributed by atoms with van der Waals surface area (Å²) in [5, 5.41) is 18.9. The lowest BCUT2D eigenvalue weighted by atomic mass is 9.85. The average molecular weight is 598 g/mol. The molecule has 0 unspecified atom stereocenters. The number of nitriles is 1. The lowest BCUT2D eigenvalue weighted by Gasteiger charge is -2.38. The van der Waals surface area contributed by atoms with E-state index < -0.39 is 59.2 Å². The van der Waals surface area contributed by atoms with Crippen molar-refractivity contribution < 1.29 is 45.8 Å². The zero-order valence-corrected chi connectivity index (χ0v) is 22.8. The van der Waals surface area contributed by atoms with Crippen LogP contribution >= 0.6 is 0 Å². The SMILES string of the molecule is CCN(c1ccc(C#N)cc1CN1C(=O)O[C@H](c2cc(C(F)(F)F)cc(C(F)(F)F)c2)[C@@H]1C)C1CCC(C(=O)O)CC1. The molecule has 0 spiro atoms. The van der Waals surface area contributed by atoms with Gasteiger partial charge in [-0.1, -0.05) is 0 Å². The zero-order chi connectivity index (χ0) is 31.0. The Morgan fingerprint density at radius 3 is 2.14 bits per heavy atom. The molecule has 1 amide bonds. The first-order valence-corrected chi connectivity index (χ1v) is 13.4. The molecule has 2 aromatic carbocycles. The van der Waals surface area contributed by atoms with Gasteiger partial charge in [0.05, 0.1) is 41.3 Å². The normalized spacial score (nSPS) is 22.9. The molecule has 0 bridgehead atoms. The summed E-state index contributed by atoms with van der Waals surface area (Å²) in [6.07, 6.45) is -10.2. The van der Waals surface area contributed by atoms with Crippen LogP contribution in [0.2, 0.25) is 0 Å². The Balaban J connectivity index is 1.65. The number of carboxylic acid groups (broad SMARTS) is 1. The van der Waals surface area contributed by atoms with Crippen molar-refractivity contribution in [1.29, 1.82) is 5.26 Å². The van der Waals surface area contributed by atoms with Gasteiger partial charge in [-0.25, -0.2) is 4.79 Å². The van der Waals surface area contributed by atoms with Crippen molar-refractivity contribution in [3.8, 4) is 6.07 Å². The number of halogens is 6. The van der Waals surface area contributed by atoms with Crippen LogP contribution in [-0.2, 0) is 28.4 Å². The molecule has 1 saturated heterocycles. The molecular formula is C29H29F6N3O4. The smallest absolute Gasteiger partial charge is 0.416 e. The van der Waals surface area contributed by atoms with Crippen molar-refractivity contribution in [2.24, 2.45) is 5.92 Å². The number of benzene rings is 2. The van der Waals surface area contributed by atoms with Crippen molar-refractivity contribution in [2.75, 3.05) is 11.4 Å². The molecule has 13 heteroatoms. The largest absolute Gasteiger partial charge is 0.481 e. The number of rotatable bonds is 7. The van der Waals surface area contributed by atoms with Gasteiger partial charge >= 0.3 is 24.4 Å². The number of carboxylic acids is 1. The van der Waals surface area contributed by atoms with E-state index in [0.29, 0.717) is 61.2 Å². The fourth-order valence-electron chi connectivity index (χ4n) is 5.81. The van der Waals surface area contributed by atoms with E-state index in [0.717, 1.165) is 0 Å². The summed E-state index contributed by atoms with van der Waals surface area (Å²) >= 11 is 0. The molecule has 1 heterocycles. The molecule has 1 aliphatic carbocycles. The van der Waals surface area contributed by atoms with Crippen LogP contribution in [0.5, 0.6) is 0 Å². The summed E-state index contributed by atoms with van der Waals surface area (Å²) < 4.78 is 86.1. The summed E-state index contributed by atoms with van der Waals surface area (Å²) in [7, 11) is 0. The lowest BCUT2D eigenvalue weighted by molar-refractivity contribution is -0.144. The van der Waals surface area contributed by atoms with Crippen LogP contribution in [0.1, 0.15) is 73.5 Å². The van der Waals surface area contributed by atoms with E-state index in [9.17, 15) is 46.3 Å². The molecule has 226 valence electrons. The molecule has 0 radical (unpaired) electrons. The number of nitrogens with zero attached hydrogens (tertiary/aromatic N) is 3. The predicted molar refractivity (Wildman–Crippen MR) is 138 cm³/mol. The molecule has 2 fully saturated rings. The van der Waals surface area contributed by atoms with Gasteiger partial charge in [-0.3, -0.25) is 9.69 Å². The number of anilines is 1. The summed E-state index contributed by atoms with van der Waals surface area (Å²) in [4.78, 5) is 27.7. The monoisotopic (exact) mass is 597 g/mol. The molecule has 2 aliphatic rings. The van der Waals surface area contributed by atoms with Gasteiger partial charge in [0.2, 0.25) is 0 Å². The number of hydrogen-bond donors (Lipinski definition) is 1. The number of hydrogen-bond acceptors (Lipinski definition) is 5. The summed E-state index contributed by atoms with van der Waals surface area (Å²) in [5.74, 6) is -1.26. The predicted octanol–water partition coefficient (Wildman–Crippen LogP) is 7.15. The lowest BCUT2D eigenvalue weighted by Crippen LogP contribution is -2.40. The minimum atomic E-state index is -5.05. The molecule has 1 aliphatic heterocycles. The van der Waals surface area contributed by atoms with E-state index >= 15 is 0 Å². The standard InChI is InChI=1S/C29H29F6N3O4/c1-3-37(23-7-5-18(6-8-23)26(39)40)24-9-4-17(14-36)10-20(24)15-38-16(2)25(42-27(38)41)19-11-21(28(30,31)32)13-22(12-19)29(33,34)35/h4,9-13,16,18,23,25H,3,5-8,15H2,1-2H3,(H,39,40)/t16-,18?,23?,25-/m0/s1. The van der Waals surface area contributed by atoms with Gasteiger partial charge in [0.15, 0.2) is 0 Å². The van der Waals surface area contributed by atoms with Gasteiger partial charge in [0.1, 0.15) is 6.10 Å². The van der Waals surface area contributed by atoms with Gasteiger partial charge in [-0.2, -0.15) is 31.6 Å². The molecule has 2 atom stereocenters. The third kappa shape index (κ3) is 6.42. The summed E-state index contributed by atoms with van der Waals surface area (Å²) in [6.45, 7) is 3.81. The van der Waals surface area contributed by atoms with Crippen LogP contribution in [0, 0.1) is 17.2 Å². The van der Waals surface area contributed by atoms with Gasteiger partial charge in [-0.15, -0.1) is 0 Å². The molecule has 42 heavy (non-hydrogen) atoms. The number of alkyl halides is 6. The first-order chi connectivity index (χ1) is 19.6. The van der Waals surface area contributed by atoms with Crippen LogP contribution in [-0.4, -0.2) is 40.7 Å².